The Balaban J connectivity index is 1.11. The number of aryl methyl sites for hydroxylation is 1. The lowest BCUT2D eigenvalue weighted by Crippen LogP contribution is -2.39. The standard InChI is InChI=1S/C30H31ClFN5O4/c1-18-12-21(14-19-2-3-20(31)15-24(19)32)33-28(13-18)41-22-6-9-36(10-7-22)17-27-34-25-4-5-26(30(38)39)35-29(25)37(27)16-23-8-11-40-23/h2-5,12-13,15,22-23H,6-11,14,16-17H2,1H3,(H,38,39)/t23-/m0/s1. The number of rotatable bonds is 9. The van der Waals surface area contributed by atoms with E-state index in [0.717, 1.165) is 56.0 Å². The van der Waals surface area contributed by atoms with Gasteiger partial charge in [0.05, 0.1) is 19.2 Å². The molecule has 2 aliphatic heterocycles. The van der Waals surface area contributed by atoms with Gasteiger partial charge >= 0.3 is 5.97 Å². The number of nitrogens with zero attached hydrogens (tertiary/aromatic N) is 5. The van der Waals surface area contributed by atoms with Crippen molar-refractivity contribution in [3.8, 4) is 5.88 Å². The van der Waals surface area contributed by atoms with Crippen LogP contribution in [0.5, 0.6) is 5.88 Å². The fourth-order valence-corrected chi connectivity index (χ4v) is 5.54. The first-order valence-electron chi connectivity index (χ1n) is 13.8. The van der Waals surface area contributed by atoms with Crippen LogP contribution in [0.25, 0.3) is 11.2 Å². The molecule has 1 atom stereocenters. The van der Waals surface area contributed by atoms with Crippen LogP contribution in [0, 0.1) is 12.7 Å². The van der Waals surface area contributed by atoms with Crippen molar-refractivity contribution in [2.24, 2.45) is 0 Å². The Kier molecular flexibility index (Phi) is 7.88. The molecule has 0 bridgehead atoms. The highest BCUT2D eigenvalue weighted by atomic mass is 35.5. The molecule has 0 aliphatic carbocycles. The molecular formula is C30H31ClFN5O4. The average molecular weight is 580 g/mol. The fourth-order valence-electron chi connectivity index (χ4n) is 5.38. The summed E-state index contributed by atoms with van der Waals surface area (Å²) in [7, 11) is 0. The number of ether oxygens (including phenoxy) is 2. The predicted molar refractivity (Wildman–Crippen MR) is 151 cm³/mol. The number of halogens is 2. The Hall–Kier alpha value is -3.60. The highest BCUT2D eigenvalue weighted by Crippen LogP contribution is 2.25. The molecule has 2 aliphatic rings. The summed E-state index contributed by atoms with van der Waals surface area (Å²) in [5.41, 5.74) is 3.55. The minimum Gasteiger partial charge on any atom is -0.477 e. The number of carbonyl (C=O) groups is 1. The van der Waals surface area contributed by atoms with Crippen molar-refractivity contribution in [2.45, 2.75) is 57.9 Å². The highest BCUT2D eigenvalue weighted by Gasteiger charge is 2.26. The molecule has 0 spiro atoms. The van der Waals surface area contributed by atoms with E-state index in [4.69, 9.17) is 26.1 Å². The predicted octanol–water partition coefficient (Wildman–Crippen LogP) is 5.05. The van der Waals surface area contributed by atoms with E-state index >= 15 is 0 Å². The maximum atomic E-state index is 14.3. The third-order valence-electron chi connectivity index (χ3n) is 7.64. The van der Waals surface area contributed by atoms with Crippen LogP contribution in [0.15, 0.2) is 42.5 Å². The lowest BCUT2D eigenvalue weighted by molar-refractivity contribution is -0.0593. The lowest BCUT2D eigenvalue weighted by atomic mass is 10.1. The number of hydrogen-bond donors (Lipinski definition) is 1. The van der Waals surface area contributed by atoms with Gasteiger partial charge < -0.3 is 19.1 Å². The van der Waals surface area contributed by atoms with Crippen LogP contribution in [0.2, 0.25) is 5.02 Å². The summed E-state index contributed by atoms with van der Waals surface area (Å²) in [4.78, 5) is 27.7. The first-order chi connectivity index (χ1) is 19.8. The molecule has 3 aromatic heterocycles. The molecule has 5 heterocycles. The van der Waals surface area contributed by atoms with Gasteiger partial charge in [-0.2, -0.15) is 0 Å². The second kappa shape index (κ2) is 11.7. The van der Waals surface area contributed by atoms with E-state index in [1.807, 2.05) is 23.6 Å². The normalized spacial score (nSPS) is 18.0. The zero-order valence-electron chi connectivity index (χ0n) is 22.7. The molecule has 214 valence electrons. The molecule has 0 radical (unpaired) electrons. The van der Waals surface area contributed by atoms with Crippen LogP contribution in [0.3, 0.4) is 0 Å². The summed E-state index contributed by atoms with van der Waals surface area (Å²) in [5.74, 6) is -0.00206. The third kappa shape index (κ3) is 6.34. The van der Waals surface area contributed by atoms with Crippen molar-refractivity contribution in [1.29, 1.82) is 0 Å². The summed E-state index contributed by atoms with van der Waals surface area (Å²) in [6, 6.07) is 11.8. The number of aromatic carboxylic acids is 1. The van der Waals surface area contributed by atoms with Crippen LogP contribution < -0.4 is 4.74 Å². The number of carboxylic acids is 1. The second-order valence-electron chi connectivity index (χ2n) is 10.7. The highest BCUT2D eigenvalue weighted by molar-refractivity contribution is 6.30. The van der Waals surface area contributed by atoms with Gasteiger partial charge in [-0.05, 0) is 67.6 Å². The van der Waals surface area contributed by atoms with Gasteiger partial charge in [-0.3, -0.25) is 4.90 Å². The van der Waals surface area contributed by atoms with E-state index in [2.05, 4.69) is 14.9 Å². The van der Waals surface area contributed by atoms with Gasteiger partial charge in [0.15, 0.2) is 11.3 Å². The van der Waals surface area contributed by atoms with Gasteiger partial charge in [0.25, 0.3) is 0 Å². The maximum absolute atomic E-state index is 14.3. The van der Waals surface area contributed by atoms with E-state index < -0.39 is 5.97 Å². The first-order valence-corrected chi connectivity index (χ1v) is 14.2. The van der Waals surface area contributed by atoms with Crippen molar-refractivity contribution in [2.75, 3.05) is 19.7 Å². The Morgan fingerprint density at radius 1 is 1.12 bits per heavy atom. The van der Waals surface area contributed by atoms with E-state index in [0.29, 0.717) is 47.1 Å². The van der Waals surface area contributed by atoms with Gasteiger partial charge in [0, 0.05) is 42.9 Å². The number of carboxylic acid groups (broad SMARTS) is 1. The maximum Gasteiger partial charge on any atom is 0.354 e. The van der Waals surface area contributed by atoms with Crippen LogP contribution in [0.1, 0.15) is 52.4 Å². The molecular weight excluding hydrogens is 549 g/mol. The topological polar surface area (TPSA) is 103 Å². The Morgan fingerprint density at radius 2 is 1.93 bits per heavy atom. The van der Waals surface area contributed by atoms with E-state index in [1.165, 1.54) is 12.1 Å². The Bertz CT molecular complexity index is 1580. The van der Waals surface area contributed by atoms with Gasteiger partial charge in [0.1, 0.15) is 23.3 Å². The van der Waals surface area contributed by atoms with E-state index in [-0.39, 0.29) is 23.7 Å². The quantitative estimate of drug-likeness (QED) is 0.294. The first kappa shape index (κ1) is 27.6. The van der Waals surface area contributed by atoms with Crippen molar-refractivity contribution in [3.05, 3.63) is 81.6 Å². The van der Waals surface area contributed by atoms with Crippen LogP contribution >= 0.6 is 11.6 Å². The molecule has 4 aromatic rings. The summed E-state index contributed by atoms with van der Waals surface area (Å²) in [6.45, 7) is 5.57. The smallest absolute Gasteiger partial charge is 0.354 e. The number of pyridine rings is 2. The van der Waals surface area contributed by atoms with Crippen molar-refractivity contribution >= 4 is 28.7 Å². The minimum absolute atomic E-state index is 0.00362. The molecule has 2 fully saturated rings. The van der Waals surface area contributed by atoms with Crippen LogP contribution in [0.4, 0.5) is 4.39 Å². The van der Waals surface area contributed by atoms with Gasteiger partial charge in [-0.25, -0.2) is 24.1 Å². The Labute approximate surface area is 241 Å². The molecule has 0 unspecified atom stereocenters. The lowest BCUT2D eigenvalue weighted by Gasteiger charge is -2.32. The van der Waals surface area contributed by atoms with Crippen LogP contribution in [-0.2, 0) is 24.2 Å². The van der Waals surface area contributed by atoms with Gasteiger partial charge in [-0.15, -0.1) is 0 Å². The summed E-state index contributed by atoms with van der Waals surface area (Å²) in [5, 5.41) is 9.80. The molecule has 1 N–H and O–H groups in total. The minimum atomic E-state index is -1.06. The van der Waals surface area contributed by atoms with Crippen molar-refractivity contribution in [1.82, 2.24) is 24.4 Å². The molecule has 41 heavy (non-hydrogen) atoms. The van der Waals surface area contributed by atoms with Gasteiger partial charge in [0.2, 0.25) is 5.88 Å². The zero-order valence-corrected chi connectivity index (χ0v) is 23.5. The number of fused-ring (bicyclic) bond motifs is 1. The Morgan fingerprint density at radius 3 is 2.63 bits per heavy atom. The molecule has 2 saturated heterocycles. The largest absolute Gasteiger partial charge is 0.477 e. The average Bonchev–Trinajstić information content (AvgIpc) is 3.24. The van der Waals surface area contributed by atoms with Crippen molar-refractivity contribution in [3.63, 3.8) is 0 Å². The van der Waals surface area contributed by atoms with Crippen molar-refractivity contribution < 1.29 is 23.8 Å². The van der Waals surface area contributed by atoms with E-state index in [9.17, 15) is 14.3 Å². The molecule has 9 nitrogen and oxygen atoms in total. The molecule has 0 amide bonds. The molecule has 0 saturated carbocycles. The number of aromatic nitrogens is 4. The monoisotopic (exact) mass is 579 g/mol. The zero-order chi connectivity index (χ0) is 28.5. The van der Waals surface area contributed by atoms with E-state index in [1.54, 1.807) is 18.2 Å². The molecule has 1 aromatic carbocycles. The number of imidazole rings is 1. The third-order valence-corrected chi connectivity index (χ3v) is 7.88. The number of likely N-dealkylation sites (tertiary alicyclic amines) is 1. The number of benzene rings is 1. The fraction of sp³-hybridized carbons (Fsp3) is 0.400. The number of piperidine rings is 1. The van der Waals surface area contributed by atoms with Crippen LogP contribution in [-0.4, -0.2) is 67.4 Å². The van der Waals surface area contributed by atoms with Gasteiger partial charge in [-0.1, -0.05) is 17.7 Å². The summed E-state index contributed by atoms with van der Waals surface area (Å²) < 4.78 is 28.3. The summed E-state index contributed by atoms with van der Waals surface area (Å²) in [6.07, 6.45) is 3.07. The number of hydrogen-bond acceptors (Lipinski definition) is 7. The summed E-state index contributed by atoms with van der Waals surface area (Å²) >= 11 is 5.89. The molecule has 11 heteroatoms. The molecule has 6 rings (SSSR count). The SMILES string of the molecule is Cc1cc(Cc2ccc(Cl)cc2F)nc(OC2CCN(Cc3nc4ccc(C(=O)O)nc4n3C[C@@H]3CCO3)CC2)c1. The second-order valence-corrected chi connectivity index (χ2v) is 11.2.